The molecule has 1 amide bonds. The smallest absolute Gasteiger partial charge is 0.305 e. The van der Waals surface area contributed by atoms with Crippen molar-refractivity contribution in [3.05, 3.63) is 24.3 Å². The minimum atomic E-state index is -0.850. The summed E-state index contributed by atoms with van der Waals surface area (Å²) < 4.78 is 5.46. The molecule has 0 saturated carbocycles. The monoisotopic (exact) mass is 916 g/mol. The maximum Gasteiger partial charge on any atom is 0.305 e. The third-order valence-electron chi connectivity index (χ3n) is 13.5. The first-order chi connectivity index (χ1) is 32.0. The Kier molecular flexibility index (Phi) is 53.5. The van der Waals surface area contributed by atoms with E-state index in [1.165, 1.54) is 238 Å². The van der Waals surface area contributed by atoms with Crippen molar-refractivity contribution in [3.8, 4) is 0 Å². The SMILES string of the molecule is CCCCCCCCCCCCCCCCC/C=C/C(O)C(CO)NC(=O)CCCCCCCCC/C=C\CCCCCCCCCCOC(=O)CCCCCCCCCCCCCC. The Morgan fingerprint density at radius 2 is 0.723 bits per heavy atom. The molecule has 6 nitrogen and oxygen atoms in total. The first-order valence-electron chi connectivity index (χ1n) is 29.1. The number of hydrogen-bond acceptors (Lipinski definition) is 5. The van der Waals surface area contributed by atoms with E-state index >= 15 is 0 Å². The highest BCUT2D eigenvalue weighted by atomic mass is 16.5. The Morgan fingerprint density at radius 3 is 1.09 bits per heavy atom. The second-order valence-corrected chi connectivity index (χ2v) is 20.0. The van der Waals surface area contributed by atoms with E-state index in [-0.39, 0.29) is 18.5 Å². The fraction of sp³-hybridized carbons (Fsp3) is 0.898. The molecule has 0 radical (unpaired) electrons. The van der Waals surface area contributed by atoms with Crippen LogP contribution >= 0.6 is 0 Å². The normalized spacial score (nSPS) is 12.7. The molecule has 0 aliphatic carbocycles. The molecule has 2 atom stereocenters. The van der Waals surface area contributed by atoms with Crippen molar-refractivity contribution < 1.29 is 24.5 Å². The third kappa shape index (κ3) is 51.6. The number of rotatable bonds is 54. The van der Waals surface area contributed by atoms with Gasteiger partial charge in [-0.3, -0.25) is 9.59 Å². The van der Waals surface area contributed by atoms with Crippen molar-refractivity contribution in [1.82, 2.24) is 5.32 Å². The van der Waals surface area contributed by atoms with Gasteiger partial charge in [-0.05, 0) is 57.8 Å². The largest absolute Gasteiger partial charge is 0.466 e. The van der Waals surface area contributed by atoms with E-state index < -0.39 is 12.1 Å². The molecule has 0 aromatic heterocycles. The quantitative estimate of drug-likeness (QED) is 0.0321. The molecule has 3 N–H and O–H groups in total. The van der Waals surface area contributed by atoms with Gasteiger partial charge in [-0.15, -0.1) is 0 Å². The molecule has 0 fully saturated rings. The van der Waals surface area contributed by atoms with Crippen LogP contribution < -0.4 is 5.32 Å². The highest BCUT2D eigenvalue weighted by Gasteiger charge is 2.18. The average molecular weight is 917 g/mol. The maximum absolute atomic E-state index is 12.5. The van der Waals surface area contributed by atoms with Crippen molar-refractivity contribution in [3.63, 3.8) is 0 Å². The molecule has 0 bridgehead atoms. The van der Waals surface area contributed by atoms with Crippen LogP contribution in [0.25, 0.3) is 0 Å². The zero-order valence-electron chi connectivity index (χ0n) is 43.7. The summed E-state index contributed by atoms with van der Waals surface area (Å²) in [6.07, 6.45) is 66.2. The number of aliphatic hydroxyl groups excluding tert-OH is 2. The molecule has 0 aliphatic rings. The highest BCUT2D eigenvalue weighted by Crippen LogP contribution is 2.17. The van der Waals surface area contributed by atoms with Crippen LogP contribution in [0, 0.1) is 0 Å². The number of esters is 1. The number of allylic oxidation sites excluding steroid dienone is 3. The van der Waals surface area contributed by atoms with Crippen LogP contribution in [-0.4, -0.2) is 47.4 Å². The van der Waals surface area contributed by atoms with E-state index in [0.717, 1.165) is 51.4 Å². The minimum absolute atomic E-state index is 0.00400. The Balaban J connectivity index is 3.47. The van der Waals surface area contributed by atoms with Crippen LogP contribution in [0.1, 0.15) is 316 Å². The molecule has 0 aromatic carbocycles. The lowest BCUT2D eigenvalue weighted by molar-refractivity contribution is -0.143. The third-order valence-corrected chi connectivity index (χ3v) is 13.5. The molecule has 0 aliphatic heterocycles. The second-order valence-electron chi connectivity index (χ2n) is 20.0. The Labute approximate surface area is 405 Å². The van der Waals surface area contributed by atoms with E-state index in [1.54, 1.807) is 6.08 Å². The topological polar surface area (TPSA) is 95.9 Å². The average Bonchev–Trinajstić information content (AvgIpc) is 3.31. The van der Waals surface area contributed by atoms with Crippen molar-refractivity contribution >= 4 is 11.9 Å². The van der Waals surface area contributed by atoms with Gasteiger partial charge in [0.1, 0.15) is 0 Å². The Hall–Kier alpha value is -1.66. The van der Waals surface area contributed by atoms with Gasteiger partial charge in [-0.2, -0.15) is 0 Å². The van der Waals surface area contributed by atoms with Crippen molar-refractivity contribution in [1.29, 1.82) is 0 Å². The molecule has 0 aromatic rings. The van der Waals surface area contributed by atoms with Gasteiger partial charge < -0.3 is 20.3 Å². The van der Waals surface area contributed by atoms with Gasteiger partial charge in [0.15, 0.2) is 0 Å². The molecule has 0 spiro atoms. The van der Waals surface area contributed by atoms with E-state index in [4.69, 9.17) is 4.74 Å². The summed E-state index contributed by atoms with van der Waals surface area (Å²) in [5.41, 5.74) is 0. The minimum Gasteiger partial charge on any atom is -0.466 e. The Morgan fingerprint density at radius 1 is 0.415 bits per heavy atom. The predicted octanol–water partition coefficient (Wildman–Crippen LogP) is 17.9. The van der Waals surface area contributed by atoms with E-state index in [0.29, 0.717) is 19.4 Å². The summed E-state index contributed by atoms with van der Waals surface area (Å²) in [5, 5.41) is 23.1. The fourth-order valence-corrected chi connectivity index (χ4v) is 8.98. The van der Waals surface area contributed by atoms with Crippen LogP contribution in [0.4, 0.5) is 0 Å². The molecule has 2 unspecified atom stereocenters. The number of ether oxygens (including phenoxy) is 1. The summed E-state index contributed by atoms with van der Waals surface area (Å²) in [6, 6.07) is -0.634. The van der Waals surface area contributed by atoms with Crippen LogP contribution in [0.2, 0.25) is 0 Å². The molecular weight excluding hydrogens is 803 g/mol. The number of nitrogens with one attached hydrogen (secondary N) is 1. The van der Waals surface area contributed by atoms with Gasteiger partial charge in [-0.25, -0.2) is 0 Å². The summed E-state index contributed by atoms with van der Waals surface area (Å²) in [5.74, 6) is -0.0718. The molecule has 0 heterocycles. The van der Waals surface area contributed by atoms with Gasteiger partial charge in [0.2, 0.25) is 5.91 Å². The number of hydrogen-bond donors (Lipinski definition) is 3. The van der Waals surface area contributed by atoms with Crippen LogP contribution in [0.3, 0.4) is 0 Å². The lowest BCUT2D eigenvalue weighted by Crippen LogP contribution is -2.45. The lowest BCUT2D eigenvalue weighted by Gasteiger charge is -2.20. The van der Waals surface area contributed by atoms with Gasteiger partial charge >= 0.3 is 5.97 Å². The highest BCUT2D eigenvalue weighted by molar-refractivity contribution is 5.76. The molecule has 65 heavy (non-hydrogen) atoms. The predicted molar refractivity (Wildman–Crippen MR) is 283 cm³/mol. The van der Waals surface area contributed by atoms with Gasteiger partial charge in [-0.1, -0.05) is 269 Å². The van der Waals surface area contributed by atoms with Gasteiger partial charge in [0.25, 0.3) is 0 Å². The molecular formula is C59H113NO5. The van der Waals surface area contributed by atoms with E-state index in [9.17, 15) is 19.8 Å². The van der Waals surface area contributed by atoms with Crippen molar-refractivity contribution in [2.45, 2.75) is 328 Å². The summed E-state index contributed by atoms with van der Waals surface area (Å²) in [6.45, 7) is 4.90. The second kappa shape index (κ2) is 54.9. The maximum atomic E-state index is 12.5. The summed E-state index contributed by atoms with van der Waals surface area (Å²) in [7, 11) is 0. The van der Waals surface area contributed by atoms with Crippen LogP contribution in [0.5, 0.6) is 0 Å². The lowest BCUT2D eigenvalue weighted by atomic mass is 10.0. The summed E-state index contributed by atoms with van der Waals surface area (Å²) >= 11 is 0. The zero-order chi connectivity index (χ0) is 47.2. The molecule has 0 saturated heterocycles. The molecule has 0 rings (SSSR count). The fourth-order valence-electron chi connectivity index (χ4n) is 8.98. The standard InChI is InChI=1S/C59H113NO5/c1-3-5-7-9-11-13-15-17-18-22-25-28-31-35-39-43-47-51-57(62)56(55-61)60-58(63)52-48-44-40-36-32-29-26-23-20-19-21-24-27-30-34-38-42-46-50-54-65-59(64)53-49-45-41-37-33-16-14-12-10-8-6-4-2/h19-20,47,51,56-57,61-62H,3-18,21-46,48-50,52-55H2,1-2H3,(H,60,63)/b20-19-,51-47+. The number of carbonyl (C=O) groups excluding carboxylic acids is 2. The van der Waals surface area contributed by atoms with Gasteiger partial charge in [0.05, 0.1) is 25.4 Å². The molecule has 384 valence electrons. The Bertz CT molecular complexity index is 1010. The van der Waals surface area contributed by atoms with Crippen molar-refractivity contribution in [2.24, 2.45) is 0 Å². The number of carbonyl (C=O) groups is 2. The van der Waals surface area contributed by atoms with E-state index in [2.05, 4.69) is 31.3 Å². The van der Waals surface area contributed by atoms with Gasteiger partial charge in [0, 0.05) is 12.8 Å². The molecule has 6 heteroatoms. The number of amides is 1. The zero-order valence-corrected chi connectivity index (χ0v) is 43.7. The van der Waals surface area contributed by atoms with Crippen LogP contribution in [-0.2, 0) is 14.3 Å². The number of unbranched alkanes of at least 4 members (excludes halogenated alkanes) is 41. The number of aliphatic hydroxyl groups is 2. The van der Waals surface area contributed by atoms with Crippen molar-refractivity contribution in [2.75, 3.05) is 13.2 Å². The van der Waals surface area contributed by atoms with Crippen LogP contribution in [0.15, 0.2) is 24.3 Å². The van der Waals surface area contributed by atoms with E-state index in [1.807, 2.05) is 6.08 Å². The first-order valence-corrected chi connectivity index (χ1v) is 29.1. The first kappa shape index (κ1) is 63.3. The summed E-state index contributed by atoms with van der Waals surface area (Å²) in [4.78, 5) is 24.5.